The van der Waals surface area contributed by atoms with Gasteiger partial charge in [0.05, 0.1) is 0 Å². The quantitative estimate of drug-likeness (QED) is 0.635. The van der Waals surface area contributed by atoms with Gasteiger partial charge in [-0.25, -0.2) is 0 Å². The van der Waals surface area contributed by atoms with Crippen LogP contribution in [0.2, 0.25) is 0 Å². The van der Waals surface area contributed by atoms with E-state index in [0.717, 1.165) is 5.22 Å². The fourth-order valence-electron chi connectivity index (χ4n) is 0.947. The Kier molecular flexibility index (Phi) is 6.52. The molecular weight excluding hydrogens is 158 g/mol. The van der Waals surface area contributed by atoms with E-state index in [4.69, 9.17) is 0 Å². The van der Waals surface area contributed by atoms with E-state index < -0.39 is 0 Å². The molecule has 0 bridgehead atoms. The minimum Gasteiger partial charge on any atom is -0.264 e. The van der Waals surface area contributed by atoms with Crippen molar-refractivity contribution in [2.24, 2.45) is 0 Å². The van der Waals surface area contributed by atoms with Gasteiger partial charge < -0.3 is 0 Å². The summed E-state index contributed by atoms with van der Waals surface area (Å²) >= 11 is 0. The second-order valence-corrected chi connectivity index (χ2v) is 2.20. The van der Waals surface area contributed by atoms with Gasteiger partial charge in [0, 0.05) is 12.4 Å². The van der Waals surface area contributed by atoms with E-state index in [0.29, 0.717) is 0 Å². The van der Waals surface area contributed by atoms with Crippen molar-refractivity contribution in [3.8, 4) is 0 Å². The normalized spacial score (nSPS) is 11.9. The Morgan fingerprint density at radius 2 is 2.00 bits per heavy atom. The van der Waals surface area contributed by atoms with Crippen LogP contribution in [0.4, 0.5) is 0 Å². The number of hydrogen-bond acceptors (Lipinski definition) is 1. The summed E-state index contributed by atoms with van der Waals surface area (Å²) in [5, 5.41) is 2.31. The van der Waals surface area contributed by atoms with Crippen LogP contribution in [-0.4, -0.2) is 4.98 Å². The molecule has 1 rings (SSSR count). The molecule has 0 aliphatic carbocycles. The SMILES string of the molecule is C=C/C=c1/cncc/c1=C/C.CC. The Balaban J connectivity index is 0.000000671. The van der Waals surface area contributed by atoms with Gasteiger partial charge in [-0.05, 0) is 23.4 Å². The molecule has 70 valence electrons. The fraction of sp³-hybridized carbons (Fsp3) is 0.250. The molecular formula is C12H17N. The zero-order chi connectivity index (χ0) is 10.1. The van der Waals surface area contributed by atoms with E-state index >= 15 is 0 Å². The lowest BCUT2D eigenvalue weighted by Crippen LogP contribution is -2.23. The molecule has 0 aromatic carbocycles. The van der Waals surface area contributed by atoms with Crippen molar-refractivity contribution in [3.05, 3.63) is 41.6 Å². The Labute approximate surface area is 80.1 Å². The van der Waals surface area contributed by atoms with E-state index in [2.05, 4.69) is 17.6 Å². The highest BCUT2D eigenvalue weighted by Crippen LogP contribution is 1.67. The number of nitrogens with zero attached hydrogens (tertiary/aromatic N) is 1. The molecule has 0 saturated carbocycles. The summed E-state index contributed by atoms with van der Waals surface area (Å²) in [6.45, 7) is 9.64. The first kappa shape index (κ1) is 11.6. The summed E-state index contributed by atoms with van der Waals surface area (Å²) in [5.74, 6) is 0. The van der Waals surface area contributed by atoms with Crippen LogP contribution in [-0.2, 0) is 0 Å². The van der Waals surface area contributed by atoms with Crippen LogP contribution in [0.25, 0.3) is 12.2 Å². The van der Waals surface area contributed by atoms with E-state index in [1.165, 1.54) is 5.22 Å². The monoisotopic (exact) mass is 175 g/mol. The molecule has 1 aromatic heterocycles. The van der Waals surface area contributed by atoms with Gasteiger partial charge in [0.25, 0.3) is 0 Å². The van der Waals surface area contributed by atoms with Crippen LogP contribution in [0.5, 0.6) is 0 Å². The molecule has 1 nitrogen and oxygen atoms in total. The molecule has 0 N–H and O–H groups in total. The molecule has 0 spiro atoms. The summed E-state index contributed by atoms with van der Waals surface area (Å²) in [5.41, 5.74) is 0. The van der Waals surface area contributed by atoms with E-state index in [9.17, 15) is 0 Å². The Bertz CT molecular complexity index is 350. The number of rotatable bonds is 1. The molecule has 0 fully saturated rings. The number of hydrogen-bond donors (Lipinski definition) is 0. The maximum atomic E-state index is 4.01. The molecule has 0 radical (unpaired) electrons. The highest BCUT2D eigenvalue weighted by molar-refractivity contribution is 5.36. The molecule has 1 heteroatoms. The molecule has 13 heavy (non-hydrogen) atoms. The molecule has 0 aliphatic heterocycles. The zero-order valence-electron chi connectivity index (χ0n) is 8.62. The van der Waals surface area contributed by atoms with Crippen molar-refractivity contribution in [1.82, 2.24) is 4.98 Å². The molecule has 0 amide bonds. The molecule has 0 unspecified atom stereocenters. The second kappa shape index (κ2) is 7.29. The topological polar surface area (TPSA) is 12.9 Å². The van der Waals surface area contributed by atoms with Crippen LogP contribution < -0.4 is 10.4 Å². The molecule has 1 aromatic rings. The van der Waals surface area contributed by atoms with Gasteiger partial charge in [0.15, 0.2) is 0 Å². The van der Waals surface area contributed by atoms with Gasteiger partial charge in [0.2, 0.25) is 0 Å². The predicted molar refractivity (Wildman–Crippen MR) is 59.6 cm³/mol. The second-order valence-electron chi connectivity index (χ2n) is 2.20. The first-order valence-corrected chi connectivity index (χ1v) is 4.57. The predicted octanol–water partition coefficient (Wildman–Crippen LogP) is 1.87. The van der Waals surface area contributed by atoms with E-state index in [1.807, 2.05) is 39.1 Å². The molecule has 0 saturated heterocycles. The van der Waals surface area contributed by atoms with Gasteiger partial charge in [-0.1, -0.05) is 38.7 Å². The Hall–Kier alpha value is -1.37. The molecule has 0 aliphatic rings. The lowest BCUT2D eigenvalue weighted by Gasteiger charge is -1.85. The van der Waals surface area contributed by atoms with Crippen LogP contribution in [0.3, 0.4) is 0 Å². The maximum absolute atomic E-state index is 4.01. The van der Waals surface area contributed by atoms with Crippen molar-refractivity contribution in [2.75, 3.05) is 0 Å². The van der Waals surface area contributed by atoms with E-state index in [1.54, 1.807) is 12.3 Å². The van der Waals surface area contributed by atoms with E-state index in [-0.39, 0.29) is 0 Å². The van der Waals surface area contributed by atoms with Crippen LogP contribution in [0.1, 0.15) is 20.8 Å². The highest BCUT2D eigenvalue weighted by atomic mass is 14.6. The largest absolute Gasteiger partial charge is 0.264 e. The Morgan fingerprint density at radius 1 is 1.31 bits per heavy atom. The average Bonchev–Trinajstić information content (AvgIpc) is 2.22. The van der Waals surface area contributed by atoms with Crippen molar-refractivity contribution >= 4 is 12.2 Å². The summed E-state index contributed by atoms with van der Waals surface area (Å²) < 4.78 is 0. The number of pyridine rings is 1. The van der Waals surface area contributed by atoms with Gasteiger partial charge >= 0.3 is 0 Å². The van der Waals surface area contributed by atoms with Crippen molar-refractivity contribution < 1.29 is 0 Å². The fourth-order valence-corrected chi connectivity index (χ4v) is 0.947. The third kappa shape index (κ3) is 3.70. The first-order valence-electron chi connectivity index (χ1n) is 4.57. The smallest absolute Gasteiger partial charge is 0.0346 e. The van der Waals surface area contributed by atoms with Crippen LogP contribution in [0, 0.1) is 0 Å². The van der Waals surface area contributed by atoms with Gasteiger partial charge in [-0.3, -0.25) is 4.98 Å². The molecule has 0 atom stereocenters. The number of aromatic nitrogens is 1. The third-order valence-electron chi connectivity index (χ3n) is 1.50. The third-order valence-corrected chi connectivity index (χ3v) is 1.50. The van der Waals surface area contributed by atoms with Crippen molar-refractivity contribution in [1.29, 1.82) is 0 Å². The Morgan fingerprint density at radius 3 is 2.54 bits per heavy atom. The minimum absolute atomic E-state index is 1.12. The van der Waals surface area contributed by atoms with Crippen LogP contribution >= 0.6 is 0 Å². The maximum Gasteiger partial charge on any atom is 0.0346 e. The zero-order valence-corrected chi connectivity index (χ0v) is 8.62. The lowest BCUT2D eigenvalue weighted by atomic mass is 10.3. The first-order chi connectivity index (χ1) is 6.38. The summed E-state index contributed by atoms with van der Waals surface area (Å²) in [6, 6.07) is 1.98. The summed E-state index contributed by atoms with van der Waals surface area (Å²) in [4.78, 5) is 4.01. The number of allylic oxidation sites excluding steroid dienone is 1. The van der Waals surface area contributed by atoms with Gasteiger partial charge in [0.1, 0.15) is 0 Å². The minimum atomic E-state index is 1.12. The van der Waals surface area contributed by atoms with Gasteiger partial charge in [-0.2, -0.15) is 0 Å². The molecule has 1 heterocycles. The highest BCUT2D eigenvalue weighted by Gasteiger charge is 1.79. The summed E-state index contributed by atoms with van der Waals surface area (Å²) in [6.07, 6.45) is 9.39. The standard InChI is InChI=1S/C10H11N.C2H6/c1-3-5-10-8-11-7-6-9(10)4-2;1-2/h3-8H,1H2,2H3;1-2H3/b9-4-,10-5-;. The van der Waals surface area contributed by atoms with Crippen LogP contribution in [0.15, 0.2) is 31.1 Å². The summed E-state index contributed by atoms with van der Waals surface area (Å²) in [7, 11) is 0. The van der Waals surface area contributed by atoms with Crippen molar-refractivity contribution in [3.63, 3.8) is 0 Å². The van der Waals surface area contributed by atoms with Gasteiger partial charge in [-0.15, -0.1) is 0 Å². The average molecular weight is 175 g/mol. The lowest BCUT2D eigenvalue weighted by molar-refractivity contribution is 1.27. The van der Waals surface area contributed by atoms with Crippen molar-refractivity contribution in [2.45, 2.75) is 20.8 Å².